The fourth-order valence-corrected chi connectivity index (χ4v) is 2.65. The third-order valence-electron chi connectivity index (χ3n) is 3.82. The molecule has 0 aliphatic carbocycles. The standard InChI is InChI=1S/C18H10F6N4O/c19-17(20,21)13-3-1-10(2-4-13)5-11-6-12(16-15(9-25)26-28-27-16)8-14(7-11)29-18(22,23)24/h1-4,6-8H,5H2,(H,26,27,28). The highest BCUT2D eigenvalue weighted by molar-refractivity contribution is 5.67. The number of nitriles is 1. The van der Waals surface area contributed by atoms with Gasteiger partial charge in [-0.05, 0) is 47.9 Å². The topological polar surface area (TPSA) is 74.6 Å². The van der Waals surface area contributed by atoms with Crippen LogP contribution in [0.4, 0.5) is 26.3 Å². The van der Waals surface area contributed by atoms with Crippen LogP contribution in [-0.4, -0.2) is 21.8 Å². The van der Waals surface area contributed by atoms with Crippen LogP contribution in [0.2, 0.25) is 0 Å². The number of nitrogens with zero attached hydrogens (tertiary/aromatic N) is 3. The highest BCUT2D eigenvalue weighted by atomic mass is 19.4. The van der Waals surface area contributed by atoms with Crippen molar-refractivity contribution in [1.82, 2.24) is 15.4 Å². The molecule has 3 aromatic rings. The maximum absolute atomic E-state index is 12.7. The lowest BCUT2D eigenvalue weighted by Gasteiger charge is -2.13. The number of hydrogen-bond acceptors (Lipinski definition) is 4. The second-order valence-electron chi connectivity index (χ2n) is 5.93. The number of aromatic amines is 1. The van der Waals surface area contributed by atoms with Gasteiger partial charge in [0.1, 0.15) is 17.5 Å². The van der Waals surface area contributed by atoms with Crippen LogP contribution in [-0.2, 0) is 12.6 Å². The monoisotopic (exact) mass is 412 g/mol. The van der Waals surface area contributed by atoms with E-state index in [-0.39, 0.29) is 23.4 Å². The summed E-state index contributed by atoms with van der Waals surface area (Å²) in [6.07, 6.45) is -9.42. The maximum Gasteiger partial charge on any atom is 0.573 e. The summed E-state index contributed by atoms with van der Waals surface area (Å²) < 4.78 is 80.0. The molecule has 1 N–H and O–H groups in total. The van der Waals surface area contributed by atoms with Crippen LogP contribution in [0, 0.1) is 11.3 Å². The minimum atomic E-state index is -4.95. The first-order chi connectivity index (χ1) is 13.5. The van der Waals surface area contributed by atoms with Gasteiger partial charge in [0.05, 0.1) is 5.56 Å². The minimum Gasteiger partial charge on any atom is -0.406 e. The third kappa shape index (κ3) is 5.04. The van der Waals surface area contributed by atoms with Crippen LogP contribution in [0.5, 0.6) is 5.75 Å². The van der Waals surface area contributed by atoms with E-state index in [9.17, 15) is 26.3 Å². The molecule has 11 heteroatoms. The number of hydrogen-bond donors (Lipinski definition) is 1. The second-order valence-corrected chi connectivity index (χ2v) is 5.93. The van der Waals surface area contributed by atoms with E-state index in [0.29, 0.717) is 11.1 Å². The molecule has 2 aromatic carbocycles. The van der Waals surface area contributed by atoms with Gasteiger partial charge in [0, 0.05) is 5.56 Å². The van der Waals surface area contributed by atoms with Crippen molar-refractivity contribution in [2.45, 2.75) is 19.0 Å². The summed E-state index contributed by atoms with van der Waals surface area (Å²) in [5.41, 5.74) is 0.0157. The number of H-pyrrole nitrogens is 1. The Labute approximate surface area is 159 Å². The molecule has 1 heterocycles. The van der Waals surface area contributed by atoms with Gasteiger partial charge in [-0.1, -0.05) is 17.3 Å². The average molecular weight is 412 g/mol. The van der Waals surface area contributed by atoms with Gasteiger partial charge in [0.15, 0.2) is 5.69 Å². The minimum absolute atomic E-state index is 0.0220. The number of aromatic nitrogens is 3. The zero-order valence-corrected chi connectivity index (χ0v) is 14.3. The largest absolute Gasteiger partial charge is 0.573 e. The summed E-state index contributed by atoms with van der Waals surface area (Å²) in [7, 11) is 0. The number of benzene rings is 2. The van der Waals surface area contributed by atoms with E-state index in [1.165, 1.54) is 18.2 Å². The van der Waals surface area contributed by atoms with Gasteiger partial charge in [-0.15, -0.1) is 18.3 Å². The molecule has 150 valence electrons. The molecule has 3 rings (SSSR count). The smallest absolute Gasteiger partial charge is 0.406 e. The van der Waals surface area contributed by atoms with E-state index < -0.39 is 23.9 Å². The van der Waals surface area contributed by atoms with Crippen LogP contribution in [0.25, 0.3) is 11.3 Å². The fourth-order valence-electron chi connectivity index (χ4n) is 2.65. The van der Waals surface area contributed by atoms with Crippen molar-refractivity contribution in [3.63, 3.8) is 0 Å². The van der Waals surface area contributed by atoms with Gasteiger partial charge in [-0.3, -0.25) is 0 Å². The van der Waals surface area contributed by atoms with Gasteiger partial charge in [0.2, 0.25) is 0 Å². The van der Waals surface area contributed by atoms with E-state index in [1.54, 1.807) is 6.07 Å². The molecule has 0 saturated carbocycles. The average Bonchev–Trinajstić information content (AvgIpc) is 3.08. The second kappa shape index (κ2) is 7.46. The van der Waals surface area contributed by atoms with Crippen molar-refractivity contribution in [2.24, 2.45) is 0 Å². The molecule has 0 aliphatic heterocycles. The first-order valence-corrected chi connectivity index (χ1v) is 7.92. The van der Waals surface area contributed by atoms with Crippen molar-refractivity contribution >= 4 is 0 Å². The highest BCUT2D eigenvalue weighted by Crippen LogP contribution is 2.32. The first kappa shape index (κ1) is 20.2. The molecule has 5 nitrogen and oxygen atoms in total. The molecular weight excluding hydrogens is 402 g/mol. The lowest BCUT2D eigenvalue weighted by molar-refractivity contribution is -0.274. The molecule has 0 amide bonds. The van der Waals surface area contributed by atoms with E-state index >= 15 is 0 Å². The molecule has 0 spiro atoms. The molecule has 0 fully saturated rings. The van der Waals surface area contributed by atoms with Gasteiger partial charge in [-0.25, -0.2) is 5.10 Å². The quantitative estimate of drug-likeness (QED) is 0.622. The molecule has 0 unspecified atom stereocenters. The Bertz CT molecular complexity index is 1050. The third-order valence-corrected chi connectivity index (χ3v) is 3.82. The van der Waals surface area contributed by atoms with Crippen LogP contribution in [0.15, 0.2) is 42.5 Å². The van der Waals surface area contributed by atoms with Crippen molar-refractivity contribution in [2.75, 3.05) is 0 Å². The Morgan fingerprint density at radius 1 is 0.966 bits per heavy atom. The normalized spacial score (nSPS) is 11.9. The predicted molar refractivity (Wildman–Crippen MR) is 87.5 cm³/mol. The van der Waals surface area contributed by atoms with Crippen LogP contribution < -0.4 is 4.74 Å². The van der Waals surface area contributed by atoms with E-state index in [2.05, 4.69) is 20.1 Å². The Morgan fingerprint density at radius 2 is 1.66 bits per heavy atom. The molecule has 0 saturated heterocycles. The molecule has 1 aromatic heterocycles. The van der Waals surface area contributed by atoms with Crippen LogP contribution in [0.1, 0.15) is 22.4 Å². The Morgan fingerprint density at radius 3 is 2.24 bits per heavy atom. The van der Waals surface area contributed by atoms with Gasteiger partial charge < -0.3 is 4.74 Å². The van der Waals surface area contributed by atoms with Gasteiger partial charge >= 0.3 is 12.5 Å². The molecule has 0 aliphatic rings. The number of halogens is 6. The Balaban J connectivity index is 1.98. The molecule has 0 atom stereocenters. The first-order valence-electron chi connectivity index (χ1n) is 7.92. The van der Waals surface area contributed by atoms with Crippen LogP contribution >= 0.6 is 0 Å². The lowest BCUT2D eigenvalue weighted by Crippen LogP contribution is -2.17. The highest BCUT2D eigenvalue weighted by Gasteiger charge is 2.32. The van der Waals surface area contributed by atoms with Crippen molar-refractivity contribution in [1.29, 1.82) is 5.26 Å². The molecular formula is C18H10F6N4O. The van der Waals surface area contributed by atoms with Crippen molar-refractivity contribution in [3.8, 4) is 23.1 Å². The summed E-state index contributed by atoms with van der Waals surface area (Å²) in [6.45, 7) is 0. The van der Waals surface area contributed by atoms with Gasteiger partial charge in [0.25, 0.3) is 0 Å². The molecule has 0 radical (unpaired) electrons. The number of rotatable bonds is 4. The van der Waals surface area contributed by atoms with Crippen LogP contribution in [0.3, 0.4) is 0 Å². The summed E-state index contributed by atoms with van der Waals surface area (Å²) in [6, 6.07) is 9.63. The maximum atomic E-state index is 12.7. The lowest BCUT2D eigenvalue weighted by atomic mass is 9.99. The van der Waals surface area contributed by atoms with E-state index in [0.717, 1.165) is 24.3 Å². The SMILES string of the molecule is N#Cc1[nH]nnc1-c1cc(Cc2ccc(C(F)(F)F)cc2)cc(OC(F)(F)F)c1. The zero-order valence-electron chi connectivity index (χ0n) is 14.3. The van der Waals surface area contributed by atoms with Crippen molar-refractivity contribution < 1.29 is 31.1 Å². The number of nitrogens with one attached hydrogen (secondary N) is 1. The summed E-state index contributed by atoms with van der Waals surface area (Å²) in [4.78, 5) is 0. The summed E-state index contributed by atoms with van der Waals surface area (Å²) in [5, 5.41) is 18.5. The summed E-state index contributed by atoms with van der Waals surface area (Å²) >= 11 is 0. The zero-order chi connectivity index (χ0) is 21.2. The summed E-state index contributed by atoms with van der Waals surface area (Å²) in [5.74, 6) is -0.552. The van der Waals surface area contributed by atoms with E-state index in [1.807, 2.05) is 0 Å². The fraction of sp³-hybridized carbons (Fsp3) is 0.167. The Hall–Kier alpha value is -3.55. The molecule has 0 bridgehead atoms. The predicted octanol–water partition coefficient (Wildman–Crippen LogP) is 4.85. The molecule has 29 heavy (non-hydrogen) atoms. The van der Waals surface area contributed by atoms with E-state index in [4.69, 9.17) is 5.26 Å². The van der Waals surface area contributed by atoms with Crippen molar-refractivity contribution in [3.05, 3.63) is 64.8 Å². The Kier molecular flexibility index (Phi) is 5.19. The number of alkyl halides is 6. The number of ether oxygens (including phenoxy) is 1. The van der Waals surface area contributed by atoms with Gasteiger partial charge in [-0.2, -0.15) is 18.4 Å².